The third-order valence-electron chi connectivity index (χ3n) is 6.79. The number of para-hydroxylation sites is 1. The van der Waals surface area contributed by atoms with Crippen LogP contribution >= 0.6 is 0 Å². The molecule has 4 unspecified atom stereocenters. The number of fused-ring (bicyclic) bond motifs is 1. The fourth-order valence-corrected chi connectivity index (χ4v) is 5.16. The fraction of sp³-hybridized carbons (Fsp3) is 0.375. The van der Waals surface area contributed by atoms with Crippen molar-refractivity contribution in [2.24, 2.45) is 11.8 Å². The van der Waals surface area contributed by atoms with E-state index in [1.165, 1.54) is 14.2 Å². The van der Waals surface area contributed by atoms with Crippen molar-refractivity contribution in [2.75, 3.05) is 25.7 Å². The van der Waals surface area contributed by atoms with Crippen LogP contribution in [0, 0.1) is 25.7 Å². The first kappa shape index (κ1) is 22.8. The van der Waals surface area contributed by atoms with Crippen molar-refractivity contribution < 1.29 is 34.1 Å². The smallest absolute Gasteiger partial charge is 0.327 e. The number of aliphatic carboxylic acids is 1. The second kappa shape index (κ2) is 8.17. The van der Waals surface area contributed by atoms with Gasteiger partial charge < -0.3 is 19.7 Å². The van der Waals surface area contributed by atoms with Gasteiger partial charge in [-0.05, 0) is 31.5 Å². The molecule has 0 aromatic heterocycles. The van der Waals surface area contributed by atoms with E-state index in [1.54, 1.807) is 50.2 Å². The van der Waals surface area contributed by atoms with Crippen molar-refractivity contribution >= 4 is 23.5 Å². The second-order valence-electron chi connectivity index (χ2n) is 8.37. The summed E-state index contributed by atoms with van der Waals surface area (Å²) < 4.78 is 10.9. The summed E-state index contributed by atoms with van der Waals surface area (Å²) in [6, 6.07) is 9.41. The number of aliphatic hydroxyl groups is 1. The number of anilines is 1. The molecule has 0 radical (unpaired) electrons. The molecule has 0 aliphatic carbocycles. The molecule has 174 valence electrons. The van der Waals surface area contributed by atoms with Crippen LogP contribution in [-0.2, 0) is 14.4 Å². The summed E-state index contributed by atoms with van der Waals surface area (Å²) >= 11 is 0. The number of rotatable bonds is 6. The Morgan fingerprint density at radius 3 is 2.36 bits per heavy atom. The van der Waals surface area contributed by atoms with Crippen molar-refractivity contribution in [1.29, 1.82) is 0 Å². The van der Waals surface area contributed by atoms with Gasteiger partial charge in [0.25, 0.3) is 0 Å². The predicted octanol–water partition coefficient (Wildman–Crippen LogP) is 1.59. The zero-order valence-electron chi connectivity index (χ0n) is 18.8. The summed E-state index contributed by atoms with van der Waals surface area (Å²) in [4.78, 5) is 40.7. The topological polar surface area (TPSA) is 125 Å². The summed E-state index contributed by atoms with van der Waals surface area (Å²) in [6.45, 7) is 2.69. The normalized spacial score (nSPS) is 26.5. The first-order valence-corrected chi connectivity index (χ1v) is 10.5. The Labute approximate surface area is 190 Å². The van der Waals surface area contributed by atoms with Crippen LogP contribution in [0.5, 0.6) is 11.5 Å². The molecule has 2 aliphatic heterocycles. The quantitative estimate of drug-likeness (QED) is 0.562. The Balaban J connectivity index is 1.91. The Kier molecular flexibility index (Phi) is 5.63. The maximum absolute atomic E-state index is 13.7. The first-order chi connectivity index (χ1) is 15.7. The van der Waals surface area contributed by atoms with E-state index in [-0.39, 0.29) is 0 Å². The van der Waals surface area contributed by atoms with Gasteiger partial charge in [0.1, 0.15) is 11.5 Å². The number of carbonyl (C=O) groups is 3. The highest BCUT2D eigenvalue weighted by Crippen LogP contribution is 2.52. The second-order valence-corrected chi connectivity index (χ2v) is 8.37. The monoisotopic (exact) mass is 454 g/mol. The van der Waals surface area contributed by atoms with Crippen LogP contribution in [0.1, 0.15) is 22.7 Å². The molecule has 4 rings (SSSR count). The Hall–Kier alpha value is -3.43. The molecule has 2 amide bonds. The maximum atomic E-state index is 13.7. The summed E-state index contributed by atoms with van der Waals surface area (Å²) in [5.74, 6) is -3.96. The molecule has 2 aliphatic rings. The van der Waals surface area contributed by atoms with E-state index in [2.05, 4.69) is 5.32 Å². The molecule has 2 fully saturated rings. The van der Waals surface area contributed by atoms with Gasteiger partial charge in [-0.15, -0.1) is 0 Å². The number of benzene rings is 2. The van der Waals surface area contributed by atoms with E-state index in [9.17, 15) is 24.6 Å². The summed E-state index contributed by atoms with van der Waals surface area (Å²) in [5, 5.41) is 23.2. The van der Waals surface area contributed by atoms with Gasteiger partial charge in [0.15, 0.2) is 5.54 Å². The number of hydrogen-bond donors (Lipinski definition) is 3. The zero-order valence-corrected chi connectivity index (χ0v) is 18.8. The van der Waals surface area contributed by atoms with Crippen LogP contribution in [-0.4, -0.2) is 54.4 Å². The molecular formula is C24H26N2O7. The van der Waals surface area contributed by atoms with E-state index < -0.39 is 47.8 Å². The van der Waals surface area contributed by atoms with E-state index in [4.69, 9.17) is 9.47 Å². The Morgan fingerprint density at radius 2 is 1.79 bits per heavy atom. The van der Waals surface area contributed by atoms with Crippen LogP contribution < -0.4 is 19.7 Å². The minimum Gasteiger partial charge on any atom is -0.496 e. The number of nitrogens with one attached hydrogen (secondary N) is 1. The molecule has 33 heavy (non-hydrogen) atoms. The van der Waals surface area contributed by atoms with Crippen LogP contribution in [0.4, 0.5) is 5.69 Å². The van der Waals surface area contributed by atoms with Gasteiger partial charge in [-0.1, -0.05) is 24.3 Å². The number of aliphatic hydroxyl groups excluding tert-OH is 1. The zero-order chi connectivity index (χ0) is 24.1. The lowest BCUT2D eigenvalue weighted by atomic mass is 9.79. The molecular weight excluding hydrogens is 428 g/mol. The molecule has 9 heteroatoms. The summed E-state index contributed by atoms with van der Waals surface area (Å²) in [5.41, 5.74) is 0.246. The number of aryl methyl sites for hydroxylation is 1. The number of methoxy groups -OCH3 is 2. The number of ether oxygens (including phenoxy) is 2. The third-order valence-corrected chi connectivity index (χ3v) is 6.79. The lowest BCUT2D eigenvalue weighted by Gasteiger charge is -2.30. The number of carbonyl (C=O) groups excluding carboxylic acids is 2. The van der Waals surface area contributed by atoms with Gasteiger partial charge in [0, 0.05) is 17.2 Å². The SMILES string of the molecule is COc1ccc(C2NC(CO)(C(=O)O)C3C(=O)N(c4ccccc4C)C(=O)C23)c(OC)c1C. The highest BCUT2D eigenvalue weighted by Gasteiger charge is 2.69. The highest BCUT2D eigenvalue weighted by molar-refractivity contribution is 6.24. The lowest BCUT2D eigenvalue weighted by Crippen LogP contribution is -2.58. The summed E-state index contributed by atoms with van der Waals surface area (Å²) in [7, 11) is 2.99. The van der Waals surface area contributed by atoms with Crippen LogP contribution in [0.25, 0.3) is 0 Å². The number of nitrogens with zero attached hydrogens (tertiary/aromatic N) is 1. The average molecular weight is 454 g/mol. The highest BCUT2D eigenvalue weighted by atomic mass is 16.5. The van der Waals surface area contributed by atoms with Crippen LogP contribution in [0.2, 0.25) is 0 Å². The largest absolute Gasteiger partial charge is 0.496 e. The van der Waals surface area contributed by atoms with Gasteiger partial charge in [-0.3, -0.25) is 19.7 Å². The Bertz CT molecular complexity index is 1150. The number of amides is 2. The van der Waals surface area contributed by atoms with Crippen molar-refractivity contribution in [2.45, 2.75) is 25.4 Å². The Morgan fingerprint density at radius 1 is 1.09 bits per heavy atom. The number of hydrogen-bond acceptors (Lipinski definition) is 7. The van der Waals surface area contributed by atoms with Crippen molar-refractivity contribution in [3.05, 3.63) is 53.1 Å². The molecule has 0 spiro atoms. The molecule has 2 aromatic carbocycles. The molecule has 0 bridgehead atoms. The lowest BCUT2D eigenvalue weighted by molar-refractivity contribution is -0.150. The van der Waals surface area contributed by atoms with E-state index >= 15 is 0 Å². The number of carboxylic acid groups (broad SMARTS) is 1. The number of carboxylic acids is 1. The van der Waals surface area contributed by atoms with E-state index in [0.29, 0.717) is 33.9 Å². The number of imide groups is 1. The minimum atomic E-state index is -2.03. The molecule has 2 heterocycles. The van der Waals surface area contributed by atoms with Gasteiger partial charge >= 0.3 is 5.97 Å². The molecule has 2 aromatic rings. The van der Waals surface area contributed by atoms with Gasteiger partial charge in [0.05, 0.1) is 38.3 Å². The maximum Gasteiger partial charge on any atom is 0.327 e. The molecule has 2 saturated heterocycles. The fourth-order valence-electron chi connectivity index (χ4n) is 5.16. The van der Waals surface area contributed by atoms with Gasteiger partial charge in [-0.25, -0.2) is 4.90 Å². The minimum absolute atomic E-state index is 0.399. The third kappa shape index (κ3) is 3.11. The van der Waals surface area contributed by atoms with Gasteiger partial charge in [-0.2, -0.15) is 0 Å². The standard InChI is InChI=1S/C24H26N2O7/c1-12-7-5-6-8-15(12)26-21(28)17-18(22(26)29)24(11-27,23(30)31)25-19(17)14-9-10-16(32-3)13(2)20(14)33-4/h5-10,17-19,25,27H,11H2,1-4H3,(H,30,31). The summed E-state index contributed by atoms with van der Waals surface area (Å²) in [6.07, 6.45) is 0. The van der Waals surface area contributed by atoms with Crippen LogP contribution in [0.3, 0.4) is 0 Å². The predicted molar refractivity (Wildman–Crippen MR) is 118 cm³/mol. The molecule has 0 saturated carbocycles. The van der Waals surface area contributed by atoms with E-state index in [0.717, 1.165) is 4.90 Å². The average Bonchev–Trinajstić information content (AvgIpc) is 3.28. The van der Waals surface area contributed by atoms with Crippen molar-refractivity contribution in [3.63, 3.8) is 0 Å². The molecule has 4 atom stereocenters. The van der Waals surface area contributed by atoms with Crippen molar-refractivity contribution in [3.8, 4) is 11.5 Å². The van der Waals surface area contributed by atoms with E-state index in [1.807, 2.05) is 0 Å². The first-order valence-electron chi connectivity index (χ1n) is 10.5. The van der Waals surface area contributed by atoms with Crippen molar-refractivity contribution in [1.82, 2.24) is 5.32 Å². The molecule has 3 N–H and O–H groups in total. The molecule has 9 nitrogen and oxygen atoms in total. The van der Waals surface area contributed by atoms with Gasteiger partial charge in [0.2, 0.25) is 11.8 Å². The van der Waals surface area contributed by atoms with Crippen LogP contribution in [0.15, 0.2) is 36.4 Å².